The van der Waals surface area contributed by atoms with E-state index in [9.17, 15) is 8.42 Å². The van der Waals surface area contributed by atoms with Crippen LogP contribution < -0.4 is 10.0 Å². The fourth-order valence-corrected chi connectivity index (χ4v) is 3.97. The predicted octanol–water partition coefficient (Wildman–Crippen LogP) is 2.20. The van der Waals surface area contributed by atoms with Gasteiger partial charge in [-0.3, -0.25) is 0 Å². The third-order valence-electron chi connectivity index (χ3n) is 2.83. The van der Waals surface area contributed by atoms with Crippen LogP contribution in [0, 0.1) is 5.92 Å². The van der Waals surface area contributed by atoms with Crippen molar-refractivity contribution in [1.82, 2.24) is 10.0 Å². The summed E-state index contributed by atoms with van der Waals surface area (Å²) in [5.74, 6) is 0.600. The summed E-state index contributed by atoms with van der Waals surface area (Å²) in [7, 11) is -3.41. The Morgan fingerprint density at radius 1 is 1.29 bits per heavy atom. The number of nitrogens with one attached hydrogen (secondary N) is 2. The van der Waals surface area contributed by atoms with Gasteiger partial charge in [0.1, 0.15) is 4.21 Å². The summed E-state index contributed by atoms with van der Waals surface area (Å²) in [6.07, 6.45) is 0.992. The summed E-state index contributed by atoms with van der Waals surface area (Å²) in [5, 5.41) is 3.18. The zero-order valence-corrected chi connectivity index (χ0v) is 14.6. The van der Waals surface area contributed by atoms with Gasteiger partial charge in [0.25, 0.3) is 0 Å². The molecule has 0 aliphatic carbocycles. The van der Waals surface area contributed by atoms with Crippen molar-refractivity contribution in [3.05, 3.63) is 17.0 Å². The van der Waals surface area contributed by atoms with Crippen molar-refractivity contribution in [2.24, 2.45) is 5.92 Å². The van der Waals surface area contributed by atoms with Gasteiger partial charge in [-0.25, -0.2) is 13.1 Å². The molecule has 1 aromatic heterocycles. The van der Waals surface area contributed by atoms with E-state index in [0.29, 0.717) is 36.4 Å². The first-order valence-electron chi connectivity index (χ1n) is 7.32. The normalized spacial score (nSPS) is 12.2. The molecule has 0 atom stereocenters. The number of sulfonamides is 1. The second-order valence-corrected chi connectivity index (χ2v) is 8.36. The smallest absolute Gasteiger partial charge is 0.250 e. The highest BCUT2D eigenvalue weighted by atomic mass is 32.2. The van der Waals surface area contributed by atoms with Crippen LogP contribution in [-0.4, -0.2) is 34.7 Å². The van der Waals surface area contributed by atoms with Gasteiger partial charge < -0.3 is 10.1 Å². The minimum Gasteiger partial charge on any atom is -0.380 e. The molecule has 0 radical (unpaired) electrons. The standard InChI is InChI=1S/C14H26N2O3S2/c1-4-15-11-13-5-6-14(20-13)21(17,18)16-8-10-19-9-7-12(2)3/h5-6,12,15-16H,4,7-11H2,1-3H3. The minimum absolute atomic E-state index is 0.306. The van der Waals surface area contributed by atoms with Crippen molar-refractivity contribution in [2.45, 2.75) is 37.9 Å². The molecule has 2 N–H and O–H groups in total. The Bertz CT molecular complexity index is 498. The van der Waals surface area contributed by atoms with Crippen LogP contribution in [-0.2, 0) is 21.3 Å². The number of hydrogen-bond acceptors (Lipinski definition) is 5. The predicted molar refractivity (Wildman–Crippen MR) is 87.2 cm³/mol. The van der Waals surface area contributed by atoms with E-state index in [1.165, 1.54) is 11.3 Å². The molecule has 0 saturated heterocycles. The van der Waals surface area contributed by atoms with Gasteiger partial charge in [-0.15, -0.1) is 11.3 Å². The largest absolute Gasteiger partial charge is 0.380 e. The Morgan fingerprint density at radius 2 is 2.05 bits per heavy atom. The fraction of sp³-hybridized carbons (Fsp3) is 0.714. The van der Waals surface area contributed by atoms with Gasteiger partial charge >= 0.3 is 0 Å². The first kappa shape index (κ1) is 18.6. The molecular weight excluding hydrogens is 308 g/mol. The van der Waals surface area contributed by atoms with E-state index in [1.807, 2.05) is 13.0 Å². The first-order valence-corrected chi connectivity index (χ1v) is 9.62. The molecule has 0 bridgehead atoms. The highest BCUT2D eigenvalue weighted by Crippen LogP contribution is 2.21. The molecule has 0 aliphatic heterocycles. The SMILES string of the molecule is CCNCc1ccc(S(=O)(=O)NCCOCCC(C)C)s1. The second kappa shape index (κ2) is 9.53. The number of thiophene rings is 1. The molecule has 0 fully saturated rings. The van der Waals surface area contributed by atoms with E-state index in [0.717, 1.165) is 17.8 Å². The molecule has 0 aromatic carbocycles. The Kier molecular flexibility index (Phi) is 8.43. The zero-order chi connectivity index (χ0) is 15.7. The van der Waals surface area contributed by atoms with Crippen molar-refractivity contribution in [3.8, 4) is 0 Å². The van der Waals surface area contributed by atoms with Crippen LogP contribution in [0.25, 0.3) is 0 Å². The van der Waals surface area contributed by atoms with E-state index < -0.39 is 10.0 Å². The van der Waals surface area contributed by atoms with Crippen molar-refractivity contribution >= 4 is 21.4 Å². The molecule has 0 amide bonds. The summed E-state index contributed by atoms with van der Waals surface area (Å²) in [6, 6.07) is 3.50. The molecule has 0 unspecified atom stereocenters. The maximum atomic E-state index is 12.1. The van der Waals surface area contributed by atoms with Crippen molar-refractivity contribution in [3.63, 3.8) is 0 Å². The van der Waals surface area contributed by atoms with E-state index in [4.69, 9.17) is 4.74 Å². The Balaban J connectivity index is 2.34. The van der Waals surface area contributed by atoms with Gasteiger partial charge in [0.15, 0.2) is 0 Å². The molecule has 1 heterocycles. The lowest BCUT2D eigenvalue weighted by molar-refractivity contribution is 0.128. The van der Waals surface area contributed by atoms with Crippen LogP contribution >= 0.6 is 11.3 Å². The Morgan fingerprint density at radius 3 is 2.71 bits per heavy atom. The Hall–Kier alpha value is -0.470. The fourth-order valence-electron chi connectivity index (χ4n) is 1.59. The molecule has 21 heavy (non-hydrogen) atoms. The van der Waals surface area contributed by atoms with Gasteiger partial charge in [-0.1, -0.05) is 20.8 Å². The molecule has 0 spiro atoms. The average Bonchev–Trinajstić information content (AvgIpc) is 2.89. The molecule has 7 heteroatoms. The quantitative estimate of drug-likeness (QED) is 0.609. The van der Waals surface area contributed by atoms with Crippen molar-refractivity contribution < 1.29 is 13.2 Å². The lowest BCUT2D eigenvalue weighted by Crippen LogP contribution is -2.27. The van der Waals surface area contributed by atoms with Crippen molar-refractivity contribution in [1.29, 1.82) is 0 Å². The zero-order valence-electron chi connectivity index (χ0n) is 13.0. The number of rotatable bonds is 11. The third kappa shape index (κ3) is 7.37. The lowest BCUT2D eigenvalue weighted by Gasteiger charge is -2.07. The van der Waals surface area contributed by atoms with Crippen LogP contribution in [0.4, 0.5) is 0 Å². The van der Waals surface area contributed by atoms with Crippen LogP contribution in [0.2, 0.25) is 0 Å². The minimum atomic E-state index is -3.41. The van der Waals surface area contributed by atoms with E-state index in [2.05, 4.69) is 23.9 Å². The summed E-state index contributed by atoms with van der Waals surface area (Å²) in [4.78, 5) is 1.02. The summed E-state index contributed by atoms with van der Waals surface area (Å²) in [5.41, 5.74) is 0. The first-order chi connectivity index (χ1) is 9.95. The molecule has 0 aliphatic rings. The lowest BCUT2D eigenvalue weighted by atomic mass is 10.1. The molecule has 0 saturated carbocycles. The van der Waals surface area contributed by atoms with Gasteiger partial charge in [0, 0.05) is 24.6 Å². The highest BCUT2D eigenvalue weighted by molar-refractivity contribution is 7.91. The number of hydrogen-bond donors (Lipinski definition) is 2. The van der Waals surface area contributed by atoms with Gasteiger partial charge in [-0.05, 0) is 31.0 Å². The topological polar surface area (TPSA) is 67.4 Å². The summed E-state index contributed by atoms with van der Waals surface area (Å²) < 4.78 is 32.5. The Labute approximate surface area is 132 Å². The van der Waals surface area contributed by atoms with Gasteiger partial charge in [0.05, 0.1) is 6.61 Å². The van der Waals surface area contributed by atoms with E-state index in [1.54, 1.807) is 6.07 Å². The summed E-state index contributed by atoms with van der Waals surface area (Å²) in [6.45, 7) is 9.24. The van der Waals surface area contributed by atoms with Crippen molar-refractivity contribution in [2.75, 3.05) is 26.3 Å². The maximum Gasteiger partial charge on any atom is 0.250 e. The average molecular weight is 335 g/mol. The molecule has 5 nitrogen and oxygen atoms in total. The van der Waals surface area contributed by atoms with Crippen LogP contribution in [0.15, 0.2) is 16.3 Å². The molecule has 1 rings (SSSR count). The molecule has 122 valence electrons. The monoisotopic (exact) mass is 334 g/mol. The number of ether oxygens (including phenoxy) is 1. The van der Waals surface area contributed by atoms with E-state index in [-0.39, 0.29) is 0 Å². The highest BCUT2D eigenvalue weighted by Gasteiger charge is 2.15. The third-order valence-corrected chi connectivity index (χ3v) is 5.87. The van der Waals surface area contributed by atoms with E-state index >= 15 is 0 Å². The molecular formula is C14H26N2O3S2. The van der Waals surface area contributed by atoms with Gasteiger partial charge in [0.2, 0.25) is 10.0 Å². The van der Waals surface area contributed by atoms with Crippen LogP contribution in [0.5, 0.6) is 0 Å². The molecule has 1 aromatic rings. The maximum absolute atomic E-state index is 12.1. The second-order valence-electron chi connectivity index (χ2n) is 5.19. The van der Waals surface area contributed by atoms with Gasteiger partial charge in [-0.2, -0.15) is 0 Å². The van der Waals surface area contributed by atoms with Crippen LogP contribution in [0.1, 0.15) is 32.1 Å². The van der Waals surface area contributed by atoms with Crippen LogP contribution in [0.3, 0.4) is 0 Å². The summed E-state index contributed by atoms with van der Waals surface area (Å²) >= 11 is 1.30.